The Hall–Kier alpha value is -2.18. The molecule has 0 unspecified atom stereocenters. The number of carbonyl (C=O) groups is 1. The lowest BCUT2D eigenvalue weighted by molar-refractivity contribution is 0.0522. The van der Waals surface area contributed by atoms with Gasteiger partial charge in [-0.15, -0.1) is 11.8 Å². The van der Waals surface area contributed by atoms with Crippen molar-refractivity contribution < 1.29 is 9.53 Å². The Balaban J connectivity index is 2.33. The molecule has 0 saturated carbocycles. The predicted molar refractivity (Wildman–Crippen MR) is 129 cm³/mol. The van der Waals surface area contributed by atoms with Gasteiger partial charge >= 0.3 is 5.97 Å². The van der Waals surface area contributed by atoms with Crippen molar-refractivity contribution in [2.45, 2.75) is 44.8 Å². The molecular weight excluding hydrogens is 418 g/mol. The summed E-state index contributed by atoms with van der Waals surface area (Å²) in [4.78, 5) is 19.8. The molecule has 2 aromatic rings. The van der Waals surface area contributed by atoms with E-state index in [0.29, 0.717) is 22.4 Å². The van der Waals surface area contributed by atoms with Crippen LogP contribution in [0.4, 0.5) is 17.1 Å². The van der Waals surface area contributed by atoms with Crippen LogP contribution in [0.1, 0.15) is 43.6 Å². The van der Waals surface area contributed by atoms with Gasteiger partial charge in [0.2, 0.25) is 0 Å². The molecule has 0 saturated heterocycles. The van der Waals surface area contributed by atoms with Crippen LogP contribution in [-0.2, 0) is 4.74 Å². The first-order valence-electron chi connectivity index (χ1n) is 10.0. The summed E-state index contributed by atoms with van der Waals surface area (Å²) in [7, 11) is 1.96. The van der Waals surface area contributed by atoms with E-state index in [0.717, 1.165) is 34.1 Å². The quantitative estimate of drug-likeness (QED) is 0.201. The molecule has 2 rings (SSSR count). The number of ether oxygens (including phenoxy) is 1. The van der Waals surface area contributed by atoms with Gasteiger partial charge in [0.05, 0.1) is 29.2 Å². The van der Waals surface area contributed by atoms with E-state index in [1.165, 1.54) is 0 Å². The number of benzene rings is 2. The van der Waals surface area contributed by atoms with Gasteiger partial charge < -0.3 is 15.0 Å². The van der Waals surface area contributed by atoms with E-state index >= 15 is 0 Å². The number of nitrogens with one attached hydrogen (secondary N) is 1. The maximum atomic E-state index is 12.5. The number of hydrogen-bond donors (Lipinski definition) is 1. The van der Waals surface area contributed by atoms with Gasteiger partial charge in [0.1, 0.15) is 0 Å². The number of aryl methyl sites for hydroxylation is 1. The molecule has 162 valence electrons. The Bertz CT molecular complexity index is 916. The fourth-order valence-corrected chi connectivity index (χ4v) is 3.77. The molecule has 30 heavy (non-hydrogen) atoms. The minimum absolute atomic E-state index is 0.316. The van der Waals surface area contributed by atoms with Gasteiger partial charge in [-0.1, -0.05) is 25.4 Å². The van der Waals surface area contributed by atoms with Crippen molar-refractivity contribution in [3.8, 4) is 0 Å². The molecule has 0 aliphatic carbocycles. The predicted octanol–water partition coefficient (Wildman–Crippen LogP) is 6.68. The summed E-state index contributed by atoms with van der Waals surface area (Å²) < 4.78 is 5.25. The van der Waals surface area contributed by atoms with E-state index in [1.54, 1.807) is 18.1 Å². The van der Waals surface area contributed by atoms with Crippen molar-refractivity contribution >= 4 is 52.7 Å². The largest absolute Gasteiger partial charge is 0.462 e. The van der Waals surface area contributed by atoms with Gasteiger partial charge in [-0.05, 0) is 56.7 Å². The van der Waals surface area contributed by atoms with Gasteiger partial charge in [-0.25, -0.2) is 9.79 Å². The van der Waals surface area contributed by atoms with E-state index in [2.05, 4.69) is 31.1 Å². The lowest BCUT2D eigenvalue weighted by atomic mass is 10.1. The van der Waals surface area contributed by atoms with E-state index in [1.807, 2.05) is 56.1 Å². The van der Waals surface area contributed by atoms with Crippen LogP contribution in [-0.4, -0.2) is 42.7 Å². The number of aliphatic imine (C=N–C) groups is 1. The van der Waals surface area contributed by atoms with Crippen LogP contribution in [0.25, 0.3) is 0 Å². The van der Waals surface area contributed by atoms with Gasteiger partial charge in [-0.3, -0.25) is 0 Å². The molecule has 5 nitrogen and oxygen atoms in total. The van der Waals surface area contributed by atoms with E-state index in [4.69, 9.17) is 16.3 Å². The van der Waals surface area contributed by atoms with Crippen molar-refractivity contribution in [2.75, 3.05) is 25.5 Å². The van der Waals surface area contributed by atoms with E-state index in [-0.39, 0.29) is 5.97 Å². The number of carbonyl (C=O) groups excluding carboxylic acids is 1. The minimum atomic E-state index is -0.316. The van der Waals surface area contributed by atoms with Crippen molar-refractivity contribution in [3.05, 3.63) is 46.5 Å². The highest BCUT2D eigenvalue weighted by Crippen LogP contribution is 2.34. The third kappa shape index (κ3) is 6.67. The lowest BCUT2D eigenvalue weighted by Crippen LogP contribution is -2.14. The van der Waals surface area contributed by atoms with Gasteiger partial charge in [0, 0.05) is 35.1 Å². The van der Waals surface area contributed by atoms with Crippen LogP contribution in [0.15, 0.2) is 40.2 Å². The number of hydrogen-bond acceptors (Lipinski definition) is 5. The molecule has 2 aromatic carbocycles. The Morgan fingerprint density at radius 3 is 2.67 bits per heavy atom. The molecule has 0 aliphatic rings. The van der Waals surface area contributed by atoms with Crippen molar-refractivity contribution in [1.29, 1.82) is 0 Å². The second-order valence-electron chi connectivity index (χ2n) is 7.16. The Morgan fingerprint density at radius 2 is 2.03 bits per heavy atom. The molecule has 1 N–H and O–H groups in total. The first-order valence-corrected chi connectivity index (χ1v) is 11.3. The third-order valence-electron chi connectivity index (χ3n) is 4.30. The number of rotatable bonds is 9. The number of esters is 1. The van der Waals surface area contributed by atoms with Crippen molar-refractivity contribution in [2.24, 2.45) is 4.99 Å². The van der Waals surface area contributed by atoms with Crippen LogP contribution < -0.4 is 5.32 Å². The highest BCUT2D eigenvalue weighted by atomic mass is 35.5. The zero-order valence-corrected chi connectivity index (χ0v) is 20.0. The summed E-state index contributed by atoms with van der Waals surface area (Å²) in [6.45, 7) is 11.3. The van der Waals surface area contributed by atoms with E-state index < -0.39 is 0 Å². The number of nitrogens with zero attached hydrogens (tertiary/aromatic N) is 2. The molecule has 0 radical (unpaired) electrons. The molecule has 0 aliphatic heterocycles. The summed E-state index contributed by atoms with van der Waals surface area (Å²) in [5.41, 5.74) is 3.95. The summed E-state index contributed by atoms with van der Waals surface area (Å²) in [6.07, 6.45) is 1.77. The molecule has 0 atom stereocenters. The van der Waals surface area contributed by atoms with Crippen molar-refractivity contribution in [3.63, 3.8) is 0 Å². The molecule has 0 heterocycles. The zero-order chi connectivity index (χ0) is 22.3. The second-order valence-corrected chi connectivity index (χ2v) is 9.18. The maximum Gasteiger partial charge on any atom is 0.339 e. The van der Waals surface area contributed by atoms with Crippen LogP contribution in [0.5, 0.6) is 0 Å². The van der Waals surface area contributed by atoms with Crippen LogP contribution in [0, 0.1) is 6.92 Å². The normalized spacial score (nSPS) is 11.2. The minimum Gasteiger partial charge on any atom is -0.462 e. The van der Waals surface area contributed by atoms with Gasteiger partial charge in [0.25, 0.3) is 0 Å². The summed E-state index contributed by atoms with van der Waals surface area (Å²) in [5.74, 6) is -0.316. The van der Waals surface area contributed by atoms with E-state index in [9.17, 15) is 4.79 Å². The van der Waals surface area contributed by atoms with Crippen LogP contribution in [0.2, 0.25) is 5.02 Å². The monoisotopic (exact) mass is 447 g/mol. The van der Waals surface area contributed by atoms with Crippen LogP contribution in [0.3, 0.4) is 0 Å². The molecule has 0 fully saturated rings. The molecule has 0 amide bonds. The Labute approximate surface area is 188 Å². The summed E-state index contributed by atoms with van der Waals surface area (Å²) in [5, 5.41) is 4.29. The number of halogens is 1. The molecular formula is C23H30ClN3O2S. The first-order chi connectivity index (χ1) is 14.2. The average molecular weight is 448 g/mol. The smallest absolute Gasteiger partial charge is 0.339 e. The van der Waals surface area contributed by atoms with Crippen molar-refractivity contribution in [1.82, 2.24) is 4.90 Å². The van der Waals surface area contributed by atoms with Gasteiger partial charge in [0.15, 0.2) is 0 Å². The molecule has 0 bridgehead atoms. The van der Waals surface area contributed by atoms with Gasteiger partial charge in [-0.2, -0.15) is 0 Å². The maximum absolute atomic E-state index is 12.5. The van der Waals surface area contributed by atoms with Crippen LogP contribution >= 0.6 is 23.4 Å². The molecule has 7 heteroatoms. The lowest BCUT2D eigenvalue weighted by Gasteiger charge is -2.15. The Morgan fingerprint density at radius 1 is 1.30 bits per heavy atom. The fraction of sp³-hybridized carbons (Fsp3) is 0.391. The fourth-order valence-electron chi connectivity index (χ4n) is 2.63. The first kappa shape index (κ1) is 24.1. The third-order valence-corrected chi connectivity index (χ3v) is 5.69. The highest BCUT2D eigenvalue weighted by Gasteiger charge is 2.16. The molecule has 0 aromatic heterocycles. The molecule has 0 spiro atoms. The Kier molecular flexibility index (Phi) is 9.06. The highest BCUT2D eigenvalue weighted by molar-refractivity contribution is 8.00. The number of anilines is 2. The standard InChI is InChI=1S/C23H30ClN3O2S/c1-7-27(6)14-25-21-11-16(5)20(13-19(21)24)26-17-9-10-22(30-15(3)4)18(12-17)23(28)29-8-2/h9-15,26H,7-8H2,1-6H3. The average Bonchev–Trinajstić information content (AvgIpc) is 2.70. The second kappa shape index (κ2) is 11.3. The summed E-state index contributed by atoms with van der Waals surface area (Å²) >= 11 is 8.09. The topological polar surface area (TPSA) is 53.9 Å². The SMILES string of the molecule is CCOC(=O)c1cc(Nc2cc(Cl)c(N=CN(C)CC)cc2C)ccc1SC(C)C. The zero-order valence-electron chi connectivity index (χ0n) is 18.5. The number of thioether (sulfide) groups is 1. The summed E-state index contributed by atoms with van der Waals surface area (Å²) in [6, 6.07) is 9.55.